The van der Waals surface area contributed by atoms with Crippen LogP contribution >= 0.6 is 11.3 Å². The number of non-ortho nitro benzene ring substituents is 1. The van der Waals surface area contributed by atoms with Crippen LogP contribution < -0.4 is 5.32 Å². The zero-order chi connectivity index (χ0) is 29.1. The largest absolute Gasteiger partial charge is 0.338 e. The summed E-state index contributed by atoms with van der Waals surface area (Å²) in [6.07, 6.45) is 0.229. The van der Waals surface area contributed by atoms with E-state index in [1.54, 1.807) is 46.2 Å². The highest BCUT2D eigenvalue weighted by molar-refractivity contribution is 7.10. The summed E-state index contributed by atoms with van der Waals surface area (Å²) in [6, 6.07) is 17.2. The van der Waals surface area contributed by atoms with E-state index >= 15 is 0 Å². The van der Waals surface area contributed by atoms with Gasteiger partial charge in [-0.3, -0.25) is 24.5 Å². The van der Waals surface area contributed by atoms with Crippen molar-refractivity contribution in [2.45, 2.75) is 38.3 Å². The molecular formula is C31H34N4O5S. The van der Waals surface area contributed by atoms with E-state index in [9.17, 15) is 24.5 Å². The maximum atomic E-state index is 14.5. The zero-order valence-electron chi connectivity index (χ0n) is 23.1. The Morgan fingerprint density at radius 2 is 1.68 bits per heavy atom. The van der Waals surface area contributed by atoms with Crippen molar-refractivity contribution < 1.29 is 19.3 Å². The van der Waals surface area contributed by atoms with E-state index in [1.807, 2.05) is 37.4 Å². The van der Waals surface area contributed by atoms with Gasteiger partial charge in [-0.2, -0.15) is 0 Å². The van der Waals surface area contributed by atoms with Crippen LogP contribution in [0.5, 0.6) is 0 Å². The van der Waals surface area contributed by atoms with Crippen molar-refractivity contribution >= 4 is 34.6 Å². The molecule has 0 bridgehead atoms. The summed E-state index contributed by atoms with van der Waals surface area (Å²) < 4.78 is 0. The molecule has 0 aliphatic carbocycles. The number of thiophene rings is 1. The van der Waals surface area contributed by atoms with Crippen molar-refractivity contribution in [3.8, 4) is 0 Å². The first-order valence-electron chi connectivity index (χ1n) is 14.0. The Bertz CT molecular complexity index is 1390. The Morgan fingerprint density at radius 1 is 1.00 bits per heavy atom. The van der Waals surface area contributed by atoms with Crippen LogP contribution in [-0.2, 0) is 9.59 Å². The normalized spacial score (nSPS) is 22.6. The summed E-state index contributed by atoms with van der Waals surface area (Å²) in [5.74, 6) is -1.97. The lowest BCUT2D eigenvalue weighted by Crippen LogP contribution is -2.55. The molecule has 1 aromatic heterocycles. The minimum Gasteiger partial charge on any atom is -0.338 e. The number of carbonyl (C=O) groups excluding carboxylic acids is 3. The predicted octanol–water partition coefficient (Wildman–Crippen LogP) is 4.67. The van der Waals surface area contributed by atoms with Crippen molar-refractivity contribution in [2.24, 2.45) is 11.8 Å². The monoisotopic (exact) mass is 574 g/mol. The standard InChI is InChI=1S/C31H34N4O5S/c1-20(2)19-25(36)34-28(24-9-6-18-41-24)27(30(37)22-7-4-3-5-8-22)26(21-10-12-23(13-11-21)35(39)40)29(34)31(38)33-16-14-32-15-17-33/h3-13,18,20,26-29,32H,14-17,19H2,1-2H3. The van der Waals surface area contributed by atoms with Crippen molar-refractivity contribution in [3.63, 3.8) is 0 Å². The molecule has 4 unspecified atom stereocenters. The molecule has 5 rings (SSSR count). The van der Waals surface area contributed by atoms with Gasteiger partial charge in [-0.1, -0.05) is 62.4 Å². The van der Waals surface area contributed by atoms with E-state index < -0.39 is 28.8 Å². The molecule has 2 saturated heterocycles. The quantitative estimate of drug-likeness (QED) is 0.238. The molecule has 214 valence electrons. The number of carbonyl (C=O) groups is 3. The fourth-order valence-electron chi connectivity index (χ4n) is 6.10. The van der Waals surface area contributed by atoms with Gasteiger partial charge in [0, 0.05) is 61.1 Å². The molecule has 2 aromatic carbocycles. The summed E-state index contributed by atoms with van der Waals surface area (Å²) in [7, 11) is 0. The number of nitro benzene ring substituents is 1. The Kier molecular flexibility index (Phi) is 8.60. The number of nitro groups is 1. The first-order valence-corrected chi connectivity index (χ1v) is 14.8. The molecule has 0 radical (unpaired) electrons. The molecular weight excluding hydrogens is 540 g/mol. The molecule has 2 aliphatic heterocycles. The third-order valence-electron chi connectivity index (χ3n) is 7.90. The molecule has 1 N–H and O–H groups in total. The van der Waals surface area contributed by atoms with Gasteiger partial charge < -0.3 is 15.1 Å². The van der Waals surface area contributed by atoms with Crippen LogP contribution in [0.15, 0.2) is 72.1 Å². The number of hydrogen-bond donors (Lipinski definition) is 1. The SMILES string of the molecule is CC(C)CC(=O)N1C(C(=O)N2CCNCC2)C(c2ccc([N+](=O)[O-])cc2)C(C(=O)c2ccccc2)C1c1cccs1. The Labute approximate surface area is 243 Å². The summed E-state index contributed by atoms with van der Waals surface area (Å²) in [5, 5.41) is 16.6. The number of amides is 2. The molecule has 2 amide bonds. The molecule has 3 heterocycles. The second-order valence-corrected chi connectivity index (χ2v) is 12.0. The van der Waals surface area contributed by atoms with Gasteiger partial charge in [0.05, 0.1) is 16.9 Å². The number of Topliss-reactive ketones (excluding diaryl/α,β-unsaturated/α-hetero) is 1. The van der Waals surface area contributed by atoms with Gasteiger partial charge in [0.15, 0.2) is 5.78 Å². The van der Waals surface area contributed by atoms with Gasteiger partial charge in [0.25, 0.3) is 5.69 Å². The van der Waals surface area contributed by atoms with Crippen molar-refractivity contribution in [2.75, 3.05) is 26.2 Å². The lowest BCUT2D eigenvalue weighted by Gasteiger charge is -2.36. The van der Waals surface area contributed by atoms with Crippen LogP contribution in [-0.4, -0.2) is 64.5 Å². The van der Waals surface area contributed by atoms with Crippen molar-refractivity contribution in [3.05, 3.63) is 98.2 Å². The van der Waals surface area contributed by atoms with Gasteiger partial charge in [-0.05, 0) is 22.9 Å². The number of likely N-dealkylation sites (tertiary alicyclic amines) is 1. The molecule has 2 fully saturated rings. The number of hydrogen-bond acceptors (Lipinski definition) is 7. The van der Waals surface area contributed by atoms with E-state index in [0.29, 0.717) is 37.3 Å². The highest BCUT2D eigenvalue weighted by atomic mass is 32.1. The zero-order valence-corrected chi connectivity index (χ0v) is 24.0. The minimum atomic E-state index is -0.939. The number of nitrogens with zero attached hydrogens (tertiary/aromatic N) is 3. The maximum absolute atomic E-state index is 14.5. The van der Waals surface area contributed by atoms with Gasteiger partial charge in [-0.15, -0.1) is 11.3 Å². The number of rotatable bonds is 8. The van der Waals surface area contributed by atoms with E-state index in [4.69, 9.17) is 0 Å². The molecule has 41 heavy (non-hydrogen) atoms. The van der Waals surface area contributed by atoms with Gasteiger partial charge >= 0.3 is 0 Å². The van der Waals surface area contributed by atoms with E-state index in [-0.39, 0.29) is 35.6 Å². The fraction of sp³-hybridized carbons (Fsp3) is 0.387. The highest BCUT2D eigenvalue weighted by Crippen LogP contribution is 2.53. The van der Waals surface area contributed by atoms with Gasteiger partial charge in [-0.25, -0.2) is 0 Å². The average molecular weight is 575 g/mol. The Balaban J connectivity index is 1.73. The van der Waals surface area contributed by atoms with Crippen molar-refractivity contribution in [1.82, 2.24) is 15.1 Å². The summed E-state index contributed by atoms with van der Waals surface area (Å²) in [5.41, 5.74) is 1.04. The van der Waals surface area contributed by atoms with Crippen LogP contribution in [0.2, 0.25) is 0 Å². The van der Waals surface area contributed by atoms with Crippen LogP contribution in [0.25, 0.3) is 0 Å². The maximum Gasteiger partial charge on any atom is 0.269 e. The summed E-state index contributed by atoms with van der Waals surface area (Å²) in [6.45, 7) is 6.19. The summed E-state index contributed by atoms with van der Waals surface area (Å²) in [4.78, 5) is 58.3. The first kappa shape index (κ1) is 28.6. The first-order chi connectivity index (χ1) is 19.8. The van der Waals surface area contributed by atoms with Gasteiger partial charge in [0.1, 0.15) is 6.04 Å². The Morgan fingerprint density at radius 3 is 2.27 bits per heavy atom. The van der Waals surface area contributed by atoms with Crippen LogP contribution in [0.4, 0.5) is 5.69 Å². The molecule has 0 spiro atoms. The topological polar surface area (TPSA) is 113 Å². The third-order valence-corrected chi connectivity index (χ3v) is 8.85. The second-order valence-electron chi connectivity index (χ2n) is 11.0. The minimum absolute atomic E-state index is 0.0446. The number of piperazine rings is 1. The number of nitrogens with one attached hydrogen (secondary N) is 1. The third kappa shape index (κ3) is 5.80. The molecule has 10 heteroatoms. The van der Waals surface area contributed by atoms with Crippen molar-refractivity contribution in [1.29, 1.82) is 0 Å². The van der Waals surface area contributed by atoms with E-state index in [2.05, 4.69) is 5.32 Å². The Hall–Kier alpha value is -3.89. The molecule has 3 aromatic rings. The van der Waals surface area contributed by atoms with Gasteiger partial charge in [0.2, 0.25) is 11.8 Å². The van der Waals surface area contributed by atoms with E-state index in [0.717, 1.165) is 4.88 Å². The number of ketones is 1. The smallest absolute Gasteiger partial charge is 0.269 e. The van der Waals surface area contributed by atoms with Crippen LogP contribution in [0.3, 0.4) is 0 Å². The molecule has 2 aliphatic rings. The average Bonchev–Trinajstić information content (AvgIpc) is 3.63. The molecule has 4 atom stereocenters. The lowest BCUT2D eigenvalue weighted by molar-refractivity contribution is -0.384. The highest BCUT2D eigenvalue weighted by Gasteiger charge is 2.58. The fourth-order valence-corrected chi connectivity index (χ4v) is 6.98. The summed E-state index contributed by atoms with van der Waals surface area (Å²) >= 11 is 1.46. The lowest BCUT2D eigenvalue weighted by atomic mass is 9.77. The molecule has 9 nitrogen and oxygen atoms in total. The molecule has 0 saturated carbocycles. The van der Waals surface area contributed by atoms with Crippen LogP contribution in [0, 0.1) is 22.0 Å². The van der Waals surface area contributed by atoms with E-state index in [1.165, 1.54) is 23.5 Å². The predicted molar refractivity (Wildman–Crippen MR) is 157 cm³/mol. The second kappa shape index (κ2) is 12.3. The number of benzene rings is 2. The van der Waals surface area contributed by atoms with Crippen LogP contribution in [0.1, 0.15) is 53.0 Å².